The van der Waals surface area contributed by atoms with Gasteiger partial charge in [-0.2, -0.15) is 0 Å². The second-order valence-electron chi connectivity index (χ2n) is 4.25. The Morgan fingerprint density at radius 1 is 1.00 bits per heavy atom. The van der Waals surface area contributed by atoms with E-state index in [1.807, 2.05) is 0 Å². The van der Waals surface area contributed by atoms with E-state index in [2.05, 4.69) is 0 Å². The number of aryl methyl sites for hydroxylation is 1. The van der Waals surface area contributed by atoms with Crippen molar-refractivity contribution in [3.63, 3.8) is 0 Å². The van der Waals surface area contributed by atoms with Crippen LogP contribution in [-0.2, 0) is 19.0 Å². The normalized spacial score (nSPS) is 13.7. The van der Waals surface area contributed by atoms with E-state index in [4.69, 9.17) is 19.6 Å². The molecule has 0 aliphatic rings. The molecule has 114 valence electrons. The standard InChI is InChI=1S/C9H14O8P2S/c1-7-2-4-8(5-3-7)20(16,17)6-9(18(10,11)12)19(13,14)15/h2-5,9H,6H2,1H3,(H2,10,11,12)(H2,13,14,15). The van der Waals surface area contributed by atoms with Crippen LogP contribution in [0.15, 0.2) is 29.2 Å². The molecule has 20 heavy (non-hydrogen) atoms. The molecular formula is C9H14O8P2S. The number of hydrogen-bond donors (Lipinski definition) is 4. The van der Waals surface area contributed by atoms with Gasteiger partial charge in [0.25, 0.3) is 0 Å². The SMILES string of the molecule is Cc1ccc(S(=O)(=O)CC(P(=O)(O)O)P(=O)(O)O)cc1. The molecule has 0 aromatic heterocycles. The molecule has 0 aliphatic heterocycles. The summed E-state index contributed by atoms with van der Waals surface area (Å²) in [6.07, 6.45) is 0. The van der Waals surface area contributed by atoms with Gasteiger partial charge in [-0.05, 0) is 19.1 Å². The predicted octanol–water partition coefficient (Wildman–Crippen LogP) is 0.450. The van der Waals surface area contributed by atoms with Crippen molar-refractivity contribution >= 4 is 25.0 Å². The Morgan fingerprint density at radius 2 is 1.40 bits per heavy atom. The molecule has 1 aromatic carbocycles. The average Bonchev–Trinajstić information content (AvgIpc) is 2.23. The minimum Gasteiger partial charge on any atom is -0.324 e. The molecule has 0 fully saturated rings. The predicted molar refractivity (Wildman–Crippen MR) is 71.1 cm³/mol. The highest BCUT2D eigenvalue weighted by Gasteiger charge is 2.46. The third kappa shape index (κ3) is 4.49. The monoisotopic (exact) mass is 344 g/mol. The van der Waals surface area contributed by atoms with E-state index < -0.39 is 36.2 Å². The van der Waals surface area contributed by atoms with E-state index >= 15 is 0 Å². The Labute approximate surface area is 115 Å². The molecule has 0 bridgehead atoms. The topological polar surface area (TPSA) is 149 Å². The number of hydrogen-bond acceptors (Lipinski definition) is 4. The zero-order chi connectivity index (χ0) is 15.8. The maximum Gasteiger partial charge on any atom is 0.341 e. The lowest BCUT2D eigenvalue weighted by molar-refractivity contribution is 0.342. The van der Waals surface area contributed by atoms with Gasteiger partial charge in [-0.25, -0.2) is 8.42 Å². The molecular weight excluding hydrogens is 330 g/mol. The summed E-state index contributed by atoms with van der Waals surface area (Å²) in [5, 5.41) is -2.57. The van der Waals surface area contributed by atoms with Crippen molar-refractivity contribution in [2.75, 3.05) is 5.75 Å². The summed E-state index contributed by atoms with van der Waals surface area (Å²) in [5.41, 5.74) is 0.769. The first-order valence-electron chi connectivity index (χ1n) is 5.24. The molecule has 0 saturated carbocycles. The first-order chi connectivity index (χ1) is 8.84. The van der Waals surface area contributed by atoms with Gasteiger partial charge >= 0.3 is 15.2 Å². The second kappa shape index (κ2) is 5.69. The molecule has 0 saturated heterocycles. The van der Waals surface area contributed by atoms with Gasteiger partial charge in [-0.1, -0.05) is 17.7 Å². The van der Waals surface area contributed by atoms with Crippen molar-refractivity contribution in [1.82, 2.24) is 0 Å². The van der Waals surface area contributed by atoms with Crippen LogP contribution in [0.4, 0.5) is 0 Å². The summed E-state index contributed by atoms with van der Waals surface area (Å²) in [6, 6.07) is 5.36. The molecule has 0 aliphatic carbocycles. The average molecular weight is 344 g/mol. The van der Waals surface area contributed by atoms with Gasteiger partial charge in [0.1, 0.15) is 0 Å². The van der Waals surface area contributed by atoms with Crippen LogP contribution >= 0.6 is 15.2 Å². The summed E-state index contributed by atoms with van der Waals surface area (Å²) in [5.74, 6) is -1.33. The van der Waals surface area contributed by atoms with Crippen LogP contribution in [0.25, 0.3) is 0 Å². The maximum atomic E-state index is 12.0. The zero-order valence-corrected chi connectivity index (χ0v) is 12.9. The van der Waals surface area contributed by atoms with Gasteiger partial charge in [-0.3, -0.25) is 9.13 Å². The first kappa shape index (κ1) is 17.5. The lowest BCUT2D eigenvalue weighted by Crippen LogP contribution is -2.22. The summed E-state index contributed by atoms with van der Waals surface area (Å²) in [6.45, 7) is 1.71. The van der Waals surface area contributed by atoms with E-state index in [1.165, 1.54) is 24.3 Å². The second-order valence-corrected chi connectivity index (χ2v) is 10.3. The van der Waals surface area contributed by atoms with Crippen LogP contribution < -0.4 is 0 Å². The van der Waals surface area contributed by atoms with Crippen LogP contribution in [0.2, 0.25) is 0 Å². The largest absolute Gasteiger partial charge is 0.341 e. The van der Waals surface area contributed by atoms with Crippen LogP contribution in [0.3, 0.4) is 0 Å². The molecule has 4 N–H and O–H groups in total. The molecule has 1 aromatic rings. The van der Waals surface area contributed by atoms with Crippen molar-refractivity contribution in [3.05, 3.63) is 29.8 Å². The molecule has 0 heterocycles. The van der Waals surface area contributed by atoms with E-state index in [-0.39, 0.29) is 4.90 Å². The Morgan fingerprint density at radius 3 is 1.75 bits per heavy atom. The highest BCUT2D eigenvalue weighted by molar-refractivity contribution is 7.92. The number of sulfone groups is 1. The molecule has 0 radical (unpaired) electrons. The van der Waals surface area contributed by atoms with Crippen LogP contribution in [0, 0.1) is 6.92 Å². The fraction of sp³-hybridized carbons (Fsp3) is 0.333. The third-order valence-electron chi connectivity index (χ3n) is 2.53. The summed E-state index contributed by atoms with van der Waals surface area (Å²) >= 11 is 0. The highest BCUT2D eigenvalue weighted by Crippen LogP contribution is 2.60. The van der Waals surface area contributed by atoms with E-state index in [9.17, 15) is 17.5 Å². The third-order valence-corrected chi connectivity index (χ3v) is 8.50. The van der Waals surface area contributed by atoms with E-state index in [0.29, 0.717) is 0 Å². The maximum absolute atomic E-state index is 12.0. The lowest BCUT2D eigenvalue weighted by atomic mass is 10.2. The van der Waals surface area contributed by atoms with Crippen LogP contribution in [-0.4, -0.2) is 39.1 Å². The van der Waals surface area contributed by atoms with Crippen molar-refractivity contribution in [2.24, 2.45) is 0 Å². The van der Waals surface area contributed by atoms with Crippen molar-refractivity contribution in [3.8, 4) is 0 Å². The smallest absolute Gasteiger partial charge is 0.324 e. The molecule has 0 spiro atoms. The van der Waals surface area contributed by atoms with Gasteiger partial charge in [-0.15, -0.1) is 0 Å². The Bertz CT molecular complexity index is 646. The zero-order valence-electron chi connectivity index (χ0n) is 10.3. The van der Waals surface area contributed by atoms with Crippen molar-refractivity contribution in [1.29, 1.82) is 0 Å². The van der Waals surface area contributed by atoms with Gasteiger partial charge in [0.2, 0.25) is 0 Å². The summed E-state index contributed by atoms with van der Waals surface area (Å²) < 4.78 is 46.1. The summed E-state index contributed by atoms with van der Waals surface area (Å²) in [7, 11) is -14.8. The summed E-state index contributed by atoms with van der Waals surface area (Å²) in [4.78, 5) is 35.4. The highest BCUT2D eigenvalue weighted by atomic mass is 32.2. The minimum atomic E-state index is -5.27. The van der Waals surface area contributed by atoms with Crippen molar-refractivity contribution in [2.45, 2.75) is 17.2 Å². The number of benzene rings is 1. The van der Waals surface area contributed by atoms with Crippen LogP contribution in [0.5, 0.6) is 0 Å². The van der Waals surface area contributed by atoms with Gasteiger partial charge in [0.05, 0.1) is 10.6 Å². The lowest BCUT2D eigenvalue weighted by Gasteiger charge is -2.19. The Hall–Kier alpha value is -0.530. The molecule has 0 atom stereocenters. The van der Waals surface area contributed by atoms with Crippen LogP contribution in [0.1, 0.15) is 5.56 Å². The molecule has 1 rings (SSSR count). The molecule has 11 heteroatoms. The van der Waals surface area contributed by atoms with Crippen molar-refractivity contribution < 1.29 is 37.1 Å². The van der Waals surface area contributed by atoms with E-state index in [1.54, 1.807) is 6.92 Å². The first-order valence-corrected chi connectivity index (χ1v) is 10.3. The van der Waals surface area contributed by atoms with Gasteiger partial charge in [0.15, 0.2) is 15.2 Å². The van der Waals surface area contributed by atoms with E-state index in [0.717, 1.165) is 5.56 Å². The fourth-order valence-corrected chi connectivity index (χ4v) is 6.86. The Kier molecular flexibility index (Phi) is 4.99. The quantitative estimate of drug-likeness (QED) is 0.562. The van der Waals surface area contributed by atoms with Gasteiger partial charge < -0.3 is 19.6 Å². The molecule has 8 nitrogen and oxygen atoms in total. The Balaban J connectivity index is 3.20. The van der Waals surface area contributed by atoms with Gasteiger partial charge in [0, 0.05) is 0 Å². The minimum absolute atomic E-state index is 0.255. The molecule has 0 unspecified atom stereocenters. The molecule has 0 amide bonds. The fourth-order valence-electron chi connectivity index (χ4n) is 1.43. The number of rotatable bonds is 5.